The van der Waals surface area contributed by atoms with Crippen LogP contribution in [0, 0.1) is 19.7 Å². The van der Waals surface area contributed by atoms with Crippen LogP contribution in [0.2, 0.25) is 0 Å². The predicted octanol–water partition coefficient (Wildman–Crippen LogP) is 3.69. The van der Waals surface area contributed by atoms with E-state index in [9.17, 15) is 9.18 Å². The monoisotopic (exact) mass is 263 g/mol. The topological polar surface area (TPSA) is 29.1 Å². The minimum Gasteiger partial charge on any atom is -0.317 e. The summed E-state index contributed by atoms with van der Waals surface area (Å²) in [5.41, 5.74) is 1.98. The zero-order chi connectivity index (χ0) is 13.1. The van der Waals surface area contributed by atoms with Crippen LogP contribution in [0.1, 0.15) is 16.0 Å². The number of thiophene rings is 1. The Labute approximate surface area is 109 Å². The minimum atomic E-state index is -0.288. The summed E-state index contributed by atoms with van der Waals surface area (Å²) < 4.78 is 12.7. The van der Waals surface area contributed by atoms with Crippen molar-refractivity contribution in [3.63, 3.8) is 0 Å². The Morgan fingerprint density at radius 2 is 1.94 bits per heavy atom. The van der Waals surface area contributed by atoms with Crippen LogP contribution in [0.25, 0.3) is 0 Å². The molecule has 18 heavy (non-hydrogen) atoms. The number of anilines is 1. The summed E-state index contributed by atoms with van der Waals surface area (Å²) in [6.45, 7) is 4.04. The molecule has 0 saturated heterocycles. The number of hydrogen-bond acceptors (Lipinski definition) is 2. The largest absolute Gasteiger partial charge is 0.317 e. The first-order valence-electron chi connectivity index (χ1n) is 5.66. The van der Waals surface area contributed by atoms with E-state index in [0.29, 0.717) is 0 Å². The predicted molar refractivity (Wildman–Crippen MR) is 72.5 cm³/mol. The van der Waals surface area contributed by atoms with E-state index in [1.165, 1.54) is 22.6 Å². The maximum absolute atomic E-state index is 12.7. The molecule has 2 aromatic rings. The first-order valence-corrected chi connectivity index (χ1v) is 6.47. The Morgan fingerprint density at radius 1 is 1.28 bits per heavy atom. The Kier molecular flexibility index (Phi) is 3.77. The maximum atomic E-state index is 12.7. The van der Waals surface area contributed by atoms with E-state index in [4.69, 9.17) is 0 Å². The van der Waals surface area contributed by atoms with Gasteiger partial charge in [0.05, 0.1) is 11.4 Å². The highest BCUT2D eigenvalue weighted by molar-refractivity contribution is 7.16. The normalized spacial score (nSPS) is 10.4. The number of rotatable bonds is 3. The number of halogens is 1. The number of benzene rings is 1. The molecule has 0 saturated carbocycles. The highest BCUT2D eigenvalue weighted by Crippen LogP contribution is 2.25. The molecule has 0 bridgehead atoms. The van der Waals surface area contributed by atoms with Crippen molar-refractivity contribution in [1.29, 1.82) is 0 Å². The molecule has 1 amide bonds. The van der Waals surface area contributed by atoms with Gasteiger partial charge in [0.1, 0.15) is 5.82 Å². The molecule has 4 heteroatoms. The van der Waals surface area contributed by atoms with Gasteiger partial charge >= 0.3 is 0 Å². The standard InChI is InChI=1S/C14H14FNOS/c1-9-7-14(18-10(9)2)16-13(17)8-11-3-5-12(15)6-4-11/h3-7H,8H2,1-2H3,(H,16,17). The third kappa shape index (κ3) is 3.17. The summed E-state index contributed by atoms with van der Waals surface area (Å²) in [7, 11) is 0. The Hall–Kier alpha value is -1.68. The van der Waals surface area contributed by atoms with E-state index < -0.39 is 0 Å². The van der Waals surface area contributed by atoms with Gasteiger partial charge in [-0.15, -0.1) is 11.3 Å². The van der Waals surface area contributed by atoms with Gasteiger partial charge in [-0.1, -0.05) is 12.1 Å². The fraction of sp³-hybridized carbons (Fsp3) is 0.214. The van der Waals surface area contributed by atoms with E-state index in [1.807, 2.05) is 19.9 Å². The number of amides is 1. The maximum Gasteiger partial charge on any atom is 0.229 e. The first-order chi connectivity index (χ1) is 8.54. The summed E-state index contributed by atoms with van der Waals surface area (Å²) >= 11 is 1.56. The van der Waals surface area contributed by atoms with Crippen LogP contribution in [0.5, 0.6) is 0 Å². The van der Waals surface area contributed by atoms with Crippen molar-refractivity contribution in [2.75, 3.05) is 5.32 Å². The molecule has 0 radical (unpaired) electrons. The van der Waals surface area contributed by atoms with Crippen molar-refractivity contribution in [2.45, 2.75) is 20.3 Å². The van der Waals surface area contributed by atoms with E-state index in [1.54, 1.807) is 23.5 Å². The Balaban J connectivity index is 1.98. The average molecular weight is 263 g/mol. The van der Waals surface area contributed by atoms with Gasteiger partial charge in [-0.3, -0.25) is 4.79 Å². The van der Waals surface area contributed by atoms with Crippen LogP contribution in [0.15, 0.2) is 30.3 Å². The van der Waals surface area contributed by atoms with Crippen molar-refractivity contribution in [3.8, 4) is 0 Å². The molecule has 0 fully saturated rings. The van der Waals surface area contributed by atoms with Crippen LogP contribution in [-0.2, 0) is 11.2 Å². The van der Waals surface area contributed by atoms with Crippen molar-refractivity contribution < 1.29 is 9.18 Å². The van der Waals surface area contributed by atoms with Gasteiger partial charge in [0.2, 0.25) is 5.91 Å². The summed E-state index contributed by atoms with van der Waals surface area (Å²) in [5, 5.41) is 3.71. The molecule has 2 rings (SSSR count). The number of carbonyl (C=O) groups is 1. The van der Waals surface area contributed by atoms with E-state index in [2.05, 4.69) is 5.32 Å². The number of carbonyl (C=O) groups excluding carboxylic acids is 1. The number of nitrogens with one attached hydrogen (secondary N) is 1. The third-order valence-corrected chi connectivity index (χ3v) is 3.77. The molecule has 0 aliphatic rings. The zero-order valence-electron chi connectivity index (χ0n) is 10.3. The molecule has 1 aromatic carbocycles. The van der Waals surface area contributed by atoms with E-state index in [0.717, 1.165) is 10.6 Å². The Morgan fingerprint density at radius 3 is 2.50 bits per heavy atom. The van der Waals surface area contributed by atoms with Crippen LogP contribution in [0.3, 0.4) is 0 Å². The van der Waals surface area contributed by atoms with E-state index >= 15 is 0 Å². The van der Waals surface area contributed by atoms with Crippen LogP contribution >= 0.6 is 11.3 Å². The molecule has 1 N–H and O–H groups in total. The second kappa shape index (κ2) is 5.31. The third-order valence-electron chi connectivity index (χ3n) is 2.71. The van der Waals surface area contributed by atoms with Crippen molar-refractivity contribution in [3.05, 3.63) is 52.2 Å². The van der Waals surface area contributed by atoms with Crippen LogP contribution in [0.4, 0.5) is 9.39 Å². The summed E-state index contributed by atoms with van der Waals surface area (Å²) in [5.74, 6) is -0.369. The second-order valence-corrected chi connectivity index (χ2v) is 5.46. The summed E-state index contributed by atoms with van der Waals surface area (Å²) in [4.78, 5) is 13.0. The van der Waals surface area contributed by atoms with Gasteiger partial charge in [0.25, 0.3) is 0 Å². The van der Waals surface area contributed by atoms with Crippen LogP contribution in [-0.4, -0.2) is 5.91 Å². The molecule has 0 unspecified atom stereocenters. The smallest absolute Gasteiger partial charge is 0.229 e. The molecule has 0 aliphatic carbocycles. The number of aryl methyl sites for hydroxylation is 2. The molecule has 0 spiro atoms. The number of hydrogen-bond donors (Lipinski definition) is 1. The highest BCUT2D eigenvalue weighted by atomic mass is 32.1. The lowest BCUT2D eigenvalue weighted by Gasteiger charge is -2.02. The molecule has 1 aromatic heterocycles. The lowest BCUT2D eigenvalue weighted by molar-refractivity contribution is -0.115. The highest BCUT2D eigenvalue weighted by Gasteiger charge is 2.07. The van der Waals surface area contributed by atoms with E-state index in [-0.39, 0.29) is 18.1 Å². The van der Waals surface area contributed by atoms with Gasteiger partial charge in [-0.25, -0.2) is 4.39 Å². The molecule has 1 heterocycles. The zero-order valence-corrected chi connectivity index (χ0v) is 11.1. The SMILES string of the molecule is Cc1cc(NC(=O)Cc2ccc(F)cc2)sc1C. The Bertz CT molecular complexity index is 540. The summed E-state index contributed by atoms with van der Waals surface area (Å²) in [6.07, 6.45) is 0.260. The molecule has 0 atom stereocenters. The van der Waals surface area contributed by atoms with Crippen molar-refractivity contribution >= 4 is 22.2 Å². The molecule has 0 aliphatic heterocycles. The second-order valence-electron chi connectivity index (χ2n) is 4.20. The molecule has 94 valence electrons. The molecular formula is C14H14FNOS. The fourth-order valence-electron chi connectivity index (χ4n) is 1.60. The van der Waals surface area contributed by atoms with Gasteiger partial charge in [0.15, 0.2) is 0 Å². The lowest BCUT2D eigenvalue weighted by Crippen LogP contribution is -2.13. The lowest BCUT2D eigenvalue weighted by atomic mass is 10.1. The van der Waals surface area contributed by atoms with Crippen molar-refractivity contribution in [1.82, 2.24) is 0 Å². The average Bonchev–Trinajstić information content (AvgIpc) is 2.61. The minimum absolute atomic E-state index is 0.0807. The van der Waals surface area contributed by atoms with Gasteiger partial charge in [-0.2, -0.15) is 0 Å². The molecule has 2 nitrogen and oxygen atoms in total. The molecular weight excluding hydrogens is 249 g/mol. The van der Waals surface area contributed by atoms with Crippen molar-refractivity contribution in [2.24, 2.45) is 0 Å². The van der Waals surface area contributed by atoms with Gasteiger partial charge in [-0.05, 0) is 43.2 Å². The first kappa shape index (κ1) is 12.8. The quantitative estimate of drug-likeness (QED) is 0.899. The van der Waals surface area contributed by atoms with Gasteiger partial charge < -0.3 is 5.32 Å². The van der Waals surface area contributed by atoms with Crippen LogP contribution < -0.4 is 5.32 Å². The fourth-order valence-corrected chi connectivity index (χ4v) is 2.55. The van der Waals surface area contributed by atoms with Gasteiger partial charge in [0, 0.05) is 4.88 Å². The summed E-state index contributed by atoms with van der Waals surface area (Å²) in [6, 6.07) is 7.94.